The summed E-state index contributed by atoms with van der Waals surface area (Å²) in [6, 6.07) is 17.8. The summed E-state index contributed by atoms with van der Waals surface area (Å²) in [5.74, 6) is 0.236. The highest BCUT2D eigenvalue weighted by Gasteiger charge is 2.08. The number of rotatable bonds is 5. The molecule has 0 unspecified atom stereocenters. The maximum absolute atomic E-state index is 12.9. The maximum atomic E-state index is 12.9. The average Bonchev–Trinajstić information content (AvgIpc) is 2.68. The van der Waals surface area contributed by atoms with Gasteiger partial charge >= 0.3 is 0 Å². The third-order valence-corrected chi connectivity index (χ3v) is 3.55. The quantitative estimate of drug-likeness (QED) is 0.759. The molecule has 128 valence electrons. The molecule has 0 radical (unpaired) electrons. The number of nitriles is 1. The molecule has 0 aliphatic heterocycles. The SMILES string of the molecule is N#Cc1ccc(NC(=O)c2cccc(OCc3ccc(F)cc3)c2)nc1. The minimum absolute atomic E-state index is 0.266. The molecule has 6 heteroatoms. The molecule has 1 amide bonds. The van der Waals surface area contributed by atoms with Crippen molar-refractivity contribution in [2.75, 3.05) is 5.32 Å². The van der Waals surface area contributed by atoms with Gasteiger partial charge in [-0.25, -0.2) is 9.37 Å². The summed E-state index contributed by atoms with van der Waals surface area (Å²) >= 11 is 0. The fourth-order valence-corrected chi connectivity index (χ4v) is 2.20. The highest BCUT2D eigenvalue weighted by atomic mass is 19.1. The number of nitrogens with one attached hydrogen (secondary N) is 1. The number of halogens is 1. The smallest absolute Gasteiger partial charge is 0.256 e. The zero-order valence-corrected chi connectivity index (χ0v) is 13.6. The lowest BCUT2D eigenvalue weighted by Gasteiger charge is -2.09. The van der Waals surface area contributed by atoms with Gasteiger partial charge in [0.25, 0.3) is 5.91 Å². The third-order valence-electron chi connectivity index (χ3n) is 3.55. The fraction of sp³-hybridized carbons (Fsp3) is 0.0500. The van der Waals surface area contributed by atoms with Crippen LogP contribution < -0.4 is 10.1 Å². The van der Waals surface area contributed by atoms with Crippen molar-refractivity contribution in [3.63, 3.8) is 0 Å². The highest BCUT2D eigenvalue weighted by Crippen LogP contribution is 2.17. The van der Waals surface area contributed by atoms with Gasteiger partial charge in [-0.1, -0.05) is 18.2 Å². The van der Waals surface area contributed by atoms with Crippen molar-refractivity contribution in [2.45, 2.75) is 6.61 Å². The van der Waals surface area contributed by atoms with Crippen LogP contribution in [0.1, 0.15) is 21.5 Å². The van der Waals surface area contributed by atoms with Crippen LogP contribution >= 0.6 is 0 Å². The van der Waals surface area contributed by atoms with Gasteiger partial charge in [-0.15, -0.1) is 0 Å². The van der Waals surface area contributed by atoms with E-state index in [0.717, 1.165) is 5.56 Å². The van der Waals surface area contributed by atoms with Crippen LogP contribution in [0.25, 0.3) is 0 Å². The molecule has 3 rings (SSSR count). The third kappa shape index (κ3) is 4.42. The molecule has 1 N–H and O–H groups in total. The number of ether oxygens (including phenoxy) is 1. The van der Waals surface area contributed by atoms with Gasteiger partial charge in [-0.05, 0) is 48.0 Å². The number of nitrogens with zero attached hydrogens (tertiary/aromatic N) is 2. The predicted octanol–water partition coefficient (Wildman–Crippen LogP) is 3.92. The van der Waals surface area contributed by atoms with E-state index in [4.69, 9.17) is 10.00 Å². The van der Waals surface area contributed by atoms with Crippen LogP contribution in [-0.4, -0.2) is 10.9 Å². The molecule has 2 aromatic carbocycles. The molecular formula is C20H14FN3O2. The summed E-state index contributed by atoms with van der Waals surface area (Å²) in [6.45, 7) is 0.266. The lowest BCUT2D eigenvalue weighted by atomic mass is 10.2. The van der Waals surface area contributed by atoms with Gasteiger partial charge in [0, 0.05) is 11.8 Å². The summed E-state index contributed by atoms with van der Waals surface area (Å²) in [7, 11) is 0. The van der Waals surface area contributed by atoms with Gasteiger partial charge in [0.05, 0.1) is 5.56 Å². The molecule has 0 aliphatic carbocycles. The number of carbonyl (C=O) groups excluding carboxylic acids is 1. The van der Waals surface area contributed by atoms with Gasteiger partial charge in [0.1, 0.15) is 30.1 Å². The first-order chi connectivity index (χ1) is 12.6. The minimum Gasteiger partial charge on any atom is -0.489 e. The normalized spacial score (nSPS) is 10.0. The van der Waals surface area contributed by atoms with Crippen molar-refractivity contribution in [2.24, 2.45) is 0 Å². The second kappa shape index (κ2) is 7.90. The number of aromatic nitrogens is 1. The van der Waals surface area contributed by atoms with Crippen LogP contribution in [0.3, 0.4) is 0 Å². The molecule has 0 saturated heterocycles. The Morgan fingerprint density at radius 3 is 2.65 bits per heavy atom. The van der Waals surface area contributed by atoms with Crippen LogP contribution in [0.15, 0.2) is 66.9 Å². The Morgan fingerprint density at radius 2 is 1.96 bits per heavy atom. The van der Waals surface area contributed by atoms with Gasteiger partial charge in [-0.2, -0.15) is 5.26 Å². The van der Waals surface area contributed by atoms with E-state index in [-0.39, 0.29) is 18.3 Å². The Kier molecular flexibility index (Phi) is 5.20. The summed E-state index contributed by atoms with van der Waals surface area (Å²) < 4.78 is 18.6. The number of carbonyl (C=O) groups is 1. The van der Waals surface area contributed by atoms with E-state index >= 15 is 0 Å². The molecule has 0 spiro atoms. The molecule has 5 nitrogen and oxygen atoms in total. The van der Waals surface area contributed by atoms with Crippen molar-refractivity contribution < 1.29 is 13.9 Å². The number of benzene rings is 2. The van der Waals surface area contributed by atoms with Crippen molar-refractivity contribution in [1.29, 1.82) is 5.26 Å². The van der Waals surface area contributed by atoms with E-state index in [9.17, 15) is 9.18 Å². The number of amides is 1. The Hall–Kier alpha value is -3.72. The summed E-state index contributed by atoms with van der Waals surface area (Å²) in [4.78, 5) is 16.3. The van der Waals surface area contributed by atoms with Crippen molar-refractivity contribution in [3.05, 3.63) is 89.4 Å². The predicted molar refractivity (Wildman–Crippen MR) is 94.1 cm³/mol. The lowest BCUT2D eigenvalue weighted by molar-refractivity contribution is 0.102. The zero-order valence-electron chi connectivity index (χ0n) is 13.6. The summed E-state index contributed by atoms with van der Waals surface area (Å²) in [5.41, 5.74) is 1.65. The first-order valence-electron chi connectivity index (χ1n) is 7.79. The molecule has 0 saturated carbocycles. The summed E-state index contributed by atoms with van der Waals surface area (Å²) in [5, 5.41) is 11.4. The standard InChI is InChI=1S/C20H14FN3O2/c21-17-7-4-14(5-8-17)13-26-18-3-1-2-16(10-18)20(25)24-19-9-6-15(11-22)12-23-19/h1-10,12H,13H2,(H,23,24,25). The maximum Gasteiger partial charge on any atom is 0.256 e. The molecule has 1 heterocycles. The van der Waals surface area contributed by atoms with E-state index < -0.39 is 0 Å². The number of pyridine rings is 1. The van der Waals surface area contributed by atoms with Crippen LogP contribution in [0.4, 0.5) is 10.2 Å². The van der Waals surface area contributed by atoms with Crippen LogP contribution in [0.2, 0.25) is 0 Å². The first-order valence-corrected chi connectivity index (χ1v) is 7.79. The highest BCUT2D eigenvalue weighted by molar-refractivity contribution is 6.04. The lowest BCUT2D eigenvalue weighted by Crippen LogP contribution is -2.13. The van der Waals surface area contributed by atoms with Crippen LogP contribution in [0.5, 0.6) is 5.75 Å². The van der Waals surface area contributed by atoms with E-state index in [1.165, 1.54) is 18.3 Å². The Bertz CT molecular complexity index is 948. The topological polar surface area (TPSA) is 75.0 Å². The average molecular weight is 347 g/mol. The van der Waals surface area contributed by atoms with E-state index in [0.29, 0.717) is 22.7 Å². The molecule has 26 heavy (non-hydrogen) atoms. The first kappa shape index (κ1) is 17.1. The van der Waals surface area contributed by atoms with Crippen molar-refractivity contribution in [1.82, 2.24) is 4.98 Å². The van der Waals surface area contributed by atoms with Crippen molar-refractivity contribution in [3.8, 4) is 11.8 Å². The van der Waals surface area contributed by atoms with Gasteiger partial charge in [0.2, 0.25) is 0 Å². The van der Waals surface area contributed by atoms with E-state index in [1.807, 2.05) is 6.07 Å². The molecule has 0 fully saturated rings. The van der Waals surface area contributed by atoms with E-state index in [2.05, 4.69) is 10.3 Å². The molecule has 3 aromatic rings. The minimum atomic E-state index is -0.338. The van der Waals surface area contributed by atoms with Crippen LogP contribution in [0, 0.1) is 17.1 Å². The van der Waals surface area contributed by atoms with Crippen molar-refractivity contribution >= 4 is 11.7 Å². The number of hydrogen-bond acceptors (Lipinski definition) is 4. The Morgan fingerprint density at radius 1 is 1.15 bits per heavy atom. The molecular weight excluding hydrogens is 333 g/mol. The van der Waals surface area contributed by atoms with Gasteiger partial charge in [0.15, 0.2) is 0 Å². The largest absolute Gasteiger partial charge is 0.489 e. The van der Waals surface area contributed by atoms with E-state index in [1.54, 1.807) is 48.5 Å². The number of anilines is 1. The Labute approximate surface area is 149 Å². The fourth-order valence-electron chi connectivity index (χ4n) is 2.20. The second-order valence-corrected chi connectivity index (χ2v) is 5.44. The van der Waals surface area contributed by atoms with Gasteiger partial charge in [-0.3, -0.25) is 4.79 Å². The van der Waals surface area contributed by atoms with Crippen LogP contribution in [-0.2, 0) is 6.61 Å². The molecule has 1 aromatic heterocycles. The number of hydrogen-bond donors (Lipinski definition) is 1. The molecule has 0 bridgehead atoms. The Balaban J connectivity index is 1.64. The zero-order chi connectivity index (χ0) is 18.4. The second-order valence-electron chi connectivity index (χ2n) is 5.44. The summed E-state index contributed by atoms with van der Waals surface area (Å²) in [6.07, 6.45) is 1.39. The van der Waals surface area contributed by atoms with Gasteiger partial charge < -0.3 is 10.1 Å². The molecule has 0 atom stereocenters. The monoisotopic (exact) mass is 347 g/mol. The molecule has 0 aliphatic rings.